The van der Waals surface area contributed by atoms with E-state index in [1.807, 2.05) is 0 Å². The number of esters is 1. The van der Waals surface area contributed by atoms with Gasteiger partial charge >= 0.3 is 24.2 Å². The van der Waals surface area contributed by atoms with E-state index in [9.17, 15) is 32.1 Å². The van der Waals surface area contributed by atoms with Gasteiger partial charge in [0, 0.05) is 6.92 Å². The molecule has 0 radical (unpaired) electrons. The van der Waals surface area contributed by atoms with Gasteiger partial charge in [0.25, 0.3) is 0 Å². The van der Waals surface area contributed by atoms with Gasteiger partial charge in [0.2, 0.25) is 0 Å². The minimum absolute atomic E-state index is 0.000321. The van der Waals surface area contributed by atoms with E-state index in [4.69, 9.17) is 13.4 Å². The van der Waals surface area contributed by atoms with E-state index in [0.717, 1.165) is 38.5 Å². The van der Waals surface area contributed by atoms with Gasteiger partial charge in [-0.2, -0.15) is 8.42 Å². The minimum atomic E-state index is -4.82. The number of carbonyl (C=O) groups excluding carboxylic acids is 1. The zero-order valence-electron chi connectivity index (χ0n) is 27.0. The molecule has 250 valence electrons. The lowest BCUT2D eigenvalue weighted by atomic mass is 9.43. The fourth-order valence-electron chi connectivity index (χ4n) is 10.7. The van der Waals surface area contributed by atoms with Crippen molar-refractivity contribution in [2.45, 2.75) is 131 Å². The number of hydrogen-bond donors (Lipinski definition) is 3. The summed E-state index contributed by atoms with van der Waals surface area (Å²) in [6, 6.07) is 0. The van der Waals surface area contributed by atoms with Gasteiger partial charge in [-0.05, 0) is 116 Å². The summed E-state index contributed by atoms with van der Waals surface area (Å²) in [6.45, 7) is 15.0. The molecule has 0 bridgehead atoms. The first kappa shape index (κ1) is 35.3. The van der Waals surface area contributed by atoms with E-state index in [-0.39, 0.29) is 47.1 Å². The average molecular weight is 651 g/mol. The van der Waals surface area contributed by atoms with Crippen LogP contribution in [0.15, 0.2) is 0 Å². The Hall–Kier alpha value is -0.550. The van der Waals surface area contributed by atoms with Crippen LogP contribution in [0.2, 0.25) is 0 Å². The molecule has 43 heavy (non-hydrogen) atoms. The summed E-state index contributed by atoms with van der Waals surface area (Å²) in [5, 5.41) is 0. The van der Waals surface area contributed by atoms with Crippen molar-refractivity contribution < 1.29 is 45.6 Å². The van der Waals surface area contributed by atoms with Crippen LogP contribution in [0.25, 0.3) is 0 Å². The number of rotatable bonds is 11. The molecule has 0 saturated heterocycles. The maximum atomic E-state index is 12.2. The van der Waals surface area contributed by atoms with Crippen molar-refractivity contribution in [1.29, 1.82) is 0 Å². The van der Waals surface area contributed by atoms with Crippen molar-refractivity contribution >= 4 is 24.2 Å². The highest BCUT2D eigenvalue weighted by Crippen LogP contribution is 2.69. The Balaban J connectivity index is 1.61. The van der Waals surface area contributed by atoms with Crippen molar-refractivity contribution in [1.82, 2.24) is 0 Å². The molecule has 0 heterocycles. The molecule has 0 aromatic rings. The lowest BCUT2D eigenvalue weighted by Crippen LogP contribution is -2.59. The second kappa shape index (κ2) is 12.9. The predicted molar refractivity (Wildman–Crippen MR) is 162 cm³/mol. The standard InChI is InChI=1S/C31H55O10PS/c1-8-21(18(2)3)15-28(39-20(5)32)19(4)24-9-10-25-23-17-29(40-42(33,34)35)27-16-22(41-43(36,37)38)11-13-31(27,7)26(23)12-14-30(24,25)6/h18-19,21-29H,8-17H2,1-7H3,(H2,33,34,35)(H,36,37,38)/t19-,21?,22-,23?,24+,25?,26?,27?,28+,29-,30+,31+/m0/s1. The van der Waals surface area contributed by atoms with Gasteiger partial charge < -0.3 is 14.5 Å². The van der Waals surface area contributed by atoms with Crippen LogP contribution in [-0.2, 0) is 33.2 Å². The number of fused-ring (bicyclic) bond motifs is 5. The summed E-state index contributed by atoms with van der Waals surface area (Å²) in [7, 11) is -9.46. The molecule has 5 unspecified atom stereocenters. The summed E-state index contributed by atoms with van der Waals surface area (Å²) >= 11 is 0. The van der Waals surface area contributed by atoms with E-state index in [2.05, 4.69) is 41.5 Å². The van der Waals surface area contributed by atoms with Gasteiger partial charge in [-0.25, -0.2) is 8.75 Å². The Bertz CT molecular complexity index is 1160. The topological polar surface area (TPSA) is 157 Å². The van der Waals surface area contributed by atoms with Crippen molar-refractivity contribution in [3.8, 4) is 0 Å². The minimum Gasteiger partial charge on any atom is -0.462 e. The van der Waals surface area contributed by atoms with Gasteiger partial charge in [-0.15, -0.1) is 0 Å². The summed E-state index contributed by atoms with van der Waals surface area (Å²) < 4.78 is 60.9. The number of ether oxygens (including phenoxy) is 1. The molecule has 4 aliphatic carbocycles. The molecular weight excluding hydrogens is 595 g/mol. The molecule has 4 aliphatic rings. The van der Waals surface area contributed by atoms with Gasteiger partial charge in [-0.1, -0.05) is 48.0 Å². The highest BCUT2D eigenvalue weighted by molar-refractivity contribution is 7.80. The third kappa shape index (κ3) is 7.55. The summed E-state index contributed by atoms with van der Waals surface area (Å²) in [6.07, 6.45) is 6.09. The summed E-state index contributed by atoms with van der Waals surface area (Å²) in [5.41, 5.74) is -0.307. The molecule has 0 aromatic heterocycles. The lowest BCUT2D eigenvalue weighted by Gasteiger charge is -2.63. The third-order valence-electron chi connectivity index (χ3n) is 12.8. The maximum absolute atomic E-state index is 12.2. The van der Waals surface area contributed by atoms with Crippen LogP contribution in [0.5, 0.6) is 0 Å². The summed E-state index contributed by atoms with van der Waals surface area (Å²) in [4.78, 5) is 32.0. The van der Waals surface area contributed by atoms with E-state index in [0.29, 0.717) is 48.9 Å². The third-order valence-corrected chi connectivity index (χ3v) is 13.8. The first-order valence-electron chi connectivity index (χ1n) is 16.4. The quantitative estimate of drug-likeness (QED) is 0.127. The first-order valence-corrected chi connectivity index (χ1v) is 19.3. The van der Waals surface area contributed by atoms with Crippen LogP contribution in [-0.4, -0.2) is 47.0 Å². The van der Waals surface area contributed by atoms with E-state index < -0.39 is 30.4 Å². The SMILES string of the molecule is CCC(C[C@@H](OC(C)=O)[C@@H](C)[C@H]1CCC2C3C[C@H](OP(=O)(O)O)C4C[C@@H](OS(=O)(=O)O)CC[C@]4(C)C3CC[C@@]21C)C(C)C. The Morgan fingerprint density at radius 3 is 2.16 bits per heavy atom. The van der Waals surface area contributed by atoms with Gasteiger partial charge in [0.15, 0.2) is 0 Å². The monoisotopic (exact) mass is 650 g/mol. The Morgan fingerprint density at radius 2 is 1.60 bits per heavy atom. The van der Waals surface area contributed by atoms with Gasteiger partial charge in [0.1, 0.15) is 6.10 Å². The molecule has 0 aliphatic heterocycles. The largest absolute Gasteiger partial charge is 0.469 e. The van der Waals surface area contributed by atoms with E-state index in [1.165, 1.54) is 6.92 Å². The smallest absolute Gasteiger partial charge is 0.462 e. The number of phosphoric ester groups is 1. The fraction of sp³-hybridized carbons (Fsp3) is 0.968. The van der Waals surface area contributed by atoms with Crippen molar-refractivity contribution in [3.63, 3.8) is 0 Å². The second-order valence-electron chi connectivity index (χ2n) is 15.2. The Morgan fingerprint density at radius 1 is 0.977 bits per heavy atom. The lowest BCUT2D eigenvalue weighted by molar-refractivity contribution is -0.171. The zero-order chi connectivity index (χ0) is 32.1. The maximum Gasteiger partial charge on any atom is 0.469 e. The average Bonchev–Trinajstić information content (AvgIpc) is 3.22. The molecule has 0 spiro atoms. The molecule has 4 saturated carbocycles. The Kier molecular flexibility index (Phi) is 10.6. The fourth-order valence-corrected chi connectivity index (χ4v) is 11.8. The molecule has 10 nitrogen and oxygen atoms in total. The van der Waals surface area contributed by atoms with Gasteiger partial charge in [0.05, 0.1) is 12.2 Å². The molecule has 3 N–H and O–H groups in total. The van der Waals surface area contributed by atoms with Crippen LogP contribution in [0.1, 0.15) is 113 Å². The highest BCUT2D eigenvalue weighted by atomic mass is 32.3. The second-order valence-corrected chi connectivity index (χ2v) is 17.4. The number of phosphoric acid groups is 1. The van der Waals surface area contributed by atoms with Crippen LogP contribution in [0.3, 0.4) is 0 Å². The predicted octanol–water partition coefficient (Wildman–Crippen LogP) is 6.56. The van der Waals surface area contributed by atoms with E-state index in [1.54, 1.807) is 0 Å². The molecule has 12 atom stereocenters. The highest BCUT2D eigenvalue weighted by Gasteiger charge is 2.64. The number of carbonyl (C=O) groups is 1. The van der Waals surface area contributed by atoms with Crippen LogP contribution in [0.4, 0.5) is 0 Å². The normalized spacial score (nSPS) is 40.2. The first-order chi connectivity index (χ1) is 19.8. The molecule has 0 aromatic carbocycles. The molecule has 4 fully saturated rings. The van der Waals surface area contributed by atoms with Crippen molar-refractivity contribution in [2.75, 3.05) is 0 Å². The Labute approximate surface area is 258 Å². The van der Waals surface area contributed by atoms with Gasteiger partial charge in [-0.3, -0.25) is 13.9 Å². The molecule has 4 rings (SSSR count). The summed E-state index contributed by atoms with van der Waals surface area (Å²) in [5.74, 6) is 1.82. The molecule has 12 heteroatoms. The molecular formula is C31H55O10PS. The number of hydrogen-bond acceptors (Lipinski definition) is 7. The van der Waals surface area contributed by atoms with Crippen molar-refractivity contribution in [2.24, 2.45) is 58.2 Å². The van der Waals surface area contributed by atoms with Crippen molar-refractivity contribution in [3.05, 3.63) is 0 Å². The zero-order valence-corrected chi connectivity index (χ0v) is 28.7. The van der Waals surface area contributed by atoms with Crippen LogP contribution >= 0.6 is 7.82 Å². The van der Waals surface area contributed by atoms with E-state index >= 15 is 0 Å². The van der Waals surface area contributed by atoms with Crippen LogP contribution < -0.4 is 0 Å². The van der Waals surface area contributed by atoms with Crippen LogP contribution in [0, 0.1) is 58.2 Å². The molecule has 0 amide bonds.